The van der Waals surface area contributed by atoms with E-state index in [0.717, 1.165) is 0 Å². The molecule has 0 aliphatic heterocycles. The van der Waals surface area contributed by atoms with Gasteiger partial charge in [0.15, 0.2) is 23.5 Å². The summed E-state index contributed by atoms with van der Waals surface area (Å²) in [5.74, 6) is -6.20. The van der Waals surface area contributed by atoms with E-state index in [0.29, 0.717) is 12.1 Å². The fourth-order valence-corrected chi connectivity index (χ4v) is 1.14. The van der Waals surface area contributed by atoms with Crippen molar-refractivity contribution in [2.24, 2.45) is 0 Å². The van der Waals surface area contributed by atoms with Crippen LogP contribution in [0.3, 0.4) is 0 Å². The topological polar surface area (TPSA) is 98.7 Å². The van der Waals surface area contributed by atoms with Crippen molar-refractivity contribution in [1.29, 1.82) is 0 Å². The lowest BCUT2D eigenvalue weighted by Gasteiger charge is -2.12. The van der Waals surface area contributed by atoms with E-state index in [1.54, 1.807) is 0 Å². The van der Waals surface area contributed by atoms with Crippen molar-refractivity contribution in [3.8, 4) is 0 Å². The minimum Gasteiger partial charge on any atom is -0.480 e. The lowest BCUT2D eigenvalue weighted by Crippen LogP contribution is -2.45. The zero-order valence-electron chi connectivity index (χ0n) is 9.28. The Morgan fingerprint density at radius 1 is 1.21 bits per heavy atom. The molecule has 1 atom stereocenters. The van der Waals surface area contributed by atoms with Gasteiger partial charge in [0.1, 0.15) is 0 Å². The molecule has 1 rings (SSSR count). The van der Waals surface area contributed by atoms with Crippen molar-refractivity contribution in [3.63, 3.8) is 0 Å². The molecule has 1 aromatic carbocycles. The zero-order valence-corrected chi connectivity index (χ0v) is 9.28. The van der Waals surface area contributed by atoms with E-state index in [1.807, 2.05) is 10.6 Å². The van der Waals surface area contributed by atoms with E-state index in [4.69, 9.17) is 10.2 Å². The number of carboxylic acids is 1. The number of aliphatic carboxylic acids is 1. The molecular weight excluding hydrogens is 269 g/mol. The van der Waals surface area contributed by atoms with Crippen LogP contribution in [0, 0.1) is 17.5 Å². The van der Waals surface area contributed by atoms with E-state index in [-0.39, 0.29) is 0 Å². The molecule has 4 N–H and O–H groups in total. The maximum Gasteiger partial charge on any atom is 0.328 e. The molecule has 0 aliphatic rings. The normalized spacial score (nSPS) is 11.8. The SMILES string of the molecule is O=C(Nc1cc(F)c(F)c(F)c1)NC(CO)C(=O)O. The molecule has 0 saturated carbocycles. The van der Waals surface area contributed by atoms with E-state index >= 15 is 0 Å². The molecule has 19 heavy (non-hydrogen) atoms. The largest absolute Gasteiger partial charge is 0.480 e. The van der Waals surface area contributed by atoms with Gasteiger partial charge in [-0.3, -0.25) is 0 Å². The highest BCUT2D eigenvalue weighted by atomic mass is 19.2. The van der Waals surface area contributed by atoms with Crippen LogP contribution < -0.4 is 10.6 Å². The molecule has 0 heterocycles. The first-order chi connectivity index (χ1) is 8.85. The number of halogens is 3. The average molecular weight is 278 g/mol. The monoisotopic (exact) mass is 278 g/mol. The lowest BCUT2D eigenvalue weighted by molar-refractivity contribution is -0.140. The third kappa shape index (κ3) is 3.85. The maximum absolute atomic E-state index is 12.8. The number of nitrogens with one attached hydrogen (secondary N) is 2. The number of hydrogen-bond acceptors (Lipinski definition) is 3. The summed E-state index contributed by atoms with van der Waals surface area (Å²) < 4.78 is 38.3. The highest BCUT2D eigenvalue weighted by Gasteiger charge is 2.19. The van der Waals surface area contributed by atoms with Gasteiger partial charge in [0.2, 0.25) is 0 Å². The summed E-state index contributed by atoms with van der Waals surface area (Å²) in [6, 6.07) is -1.65. The van der Waals surface area contributed by atoms with Crippen LogP contribution in [0.1, 0.15) is 0 Å². The van der Waals surface area contributed by atoms with Gasteiger partial charge in [-0.25, -0.2) is 22.8 Å². The Hall–Kier alpha value is -2.29. The molecule has 0 radical (unpaired) electrons. The van der Waals surface area contributed by atoms with E-state index in [2.05, 4.69) is 0 Å². The first-order valence-corrected chi connectivity index (χ1v) is 4.91. The Balaban J connectivity index is 2.75. The Morgan fingerprint density at radius 3 is 2.16 bits per heavy atom. The van der Waals surface area contributed by atoms with Crippen molar-refractivity contribution in [2.45, 2.75) is 6.04 Å². The molecule has 0 bridgehead atoms. The Bertz CT molecular complexity index is 487. The van der Waals surface area contributed by atoms with Crippen molar-refractivity contribution in [1.82, 2.24) is 5.32 Å². The number of carbonyl (C=O) groups is 2. The number of amides is 2. The molecule has 0 aliphatic carbocycles. The average Bonchev–Trinajstić information content (AvgIpc) is 2.32. The molecule has 104 valence electrons. The Morgan fingerprint density at radius 2 is 1.74 bits per heavy atom. The number of anilines is 1. The predicted octanol–water partition coefficient (Wildman–Crippen LogP) is 0.671. The second-order valence-corrected chi connectivity index (χ2v) is 3.43. The van der Waals surface area contributed by atoms with Crippen LogP contribution in [0.4, 0.5) is 23.7 Å². The maximum atomic E-state index is 12.8. The molecule has 1 aromatic rings. The van der Waals surface area contributed by atoms with Crippen LogP contribution in [0.2, 0.25) is 0 Å². The number of rotatable bonds is 4. The van der Waals surface area contributed by atoms with Crippen LogP contribution in [-0.4, -0.2) is 34.9 Å². The third-order valence-electron chi connectivity index (χ3n) is 2.03. The van der Waals surface area contributed by atoms with Crippen molar-refractivity contribution < 1.29 is 33.0 Å². The first kappa shape index (κ1) is 14.8. The highest BCUT2D eigenvalue weighted by molar-refractivity contribution is 5.92. The molecule has 0 saturated heterocycles. The highest BCUT2D eigenvalue weighted by Crippen LogP contribution is 2.17. The minimum absolute atomic E-state index is 0.407. The summed E-state index contributed by atoms with van der Waals surface area (Å²) in [5, 5.41) is 20.9. The summed E-state index contributed by atoms with van der Waals surface area (Å²) in [6.07, 6.45) is 0. The predicted molar refractivity (Wildman–Crippen MR) is 57.0 cm³/mol. The fraction of sp³-hybridized carbons (Fsp3) is 0.200. The van der Waals surface area contributed by atoms with Gasteiger partial charge in [-0.2, -0.15) is 0 Å². The summed E-state index contributed by atoms with van der Waals surface area (Å²) in [4.78, 5) is 21.8. The number of hydrogen-bond donors (Lipinski definition) is 4. The second-order valence-electron chi connectivity index (χ2n) is 3.43. The number of aliphatic hydroxyl groups excluding tert-OH is 1. The molecule has 6 nitrogen and oxygen atoms in total. The molecule has 0 fully saturated rings. The Labute approximate surface area is 104 Å². The van der Waals surface area contributed by atoms with Crippen LogP contribution in [0.25, 0.3) is 0 Å². The van der Waals surface area contributed by atoms with Crippen molar-refractivity contribution in [2.75, 3.05) is 11.9 Å². The Kier molecular flexibility index (Phi) is 4.70. The second kappa shape index (κ2) is 6.05. The summed E-state index contributed by atoms with van der Waals surface area (Å²) in [6.45, 7) is -0.866. The summed E-state index contributed by atoms with van der Waals surface area (Å²) in [7, 11) is 0. The number of benzene rings is 1. The van der Waals surface area contributed by atoms with Gasteiger partial charge in [0.05, 0.1) is 6.61 Å². The zero-order chi connectivity index (χ0) is 14.6. The number of carboxylic acid groups (broad SMARTS) is 1. The fourth-order valence-electron chi connectivity index (χ4n) is 1.14. The quantitative estimate of drug-likeness (QED) is 0.608. The summed E-state index contributed by atoms with van der Waals surface area (Å²) in [5.41, 5.74) is -0.407. The van der Waals surface area contributed by atoms with Crippen LogP contribution in [0.15, 0.2) is 12.1 Å². The van der Waals surface area contributed by atoms with Gasteiger partial charge in [0.25, 0.3) is 0 Å². The van der Waals surface area contributed by atoms with Gasteiger partial charge < -0.3 is 20.8 Å². The lowest BCUT2D eigenvalue weighted by atomic mass is 10.3. The standard InChI is InChI=1S/C10H9F3N2O4/c11-5-1-4(2-6(12)8(5)13)14-10(19)15-7(3-16)9(17)18/h1-2,7,16H,3H2,(H,17,18)(H2,14,15,19). The van der Waals surface area contributed by atoms with Gasteiger partial charge in [0, 0.05) is 17.8 Å². The van der Waals surface area contributed by atoms with Crippen LogP contribution >= 0.6 is 0 Å². The number of carbonyl (C=O) groups excluding carboxylic acids is 1. The van der Waals surface area contributed by atoms with Gasteiger partial charge >= 0.3 is 12.0 Å². The van der Waals surface area contributed by atoms with Crippen LogP contribution in [-0.2, 0) is 4.79 Å². The molecule has 1 unspecified atom stereocenters. The van der Waals surface area contributed by atoms with E-state index in [1.165, 1.54) is 0 Å². The third-order valence-corrected chi connectivity index (χ3v) is 2.03. The molecule has 0 aromatic heterocycles. The van der Waals surface area contributed by atoms with Crippen LogP contribution in [0.5, 0.6) is 0 Å². The van der Waals surface area contributed by atoms with E-state index < -0.39 is 47.8 Å². The van der Waals surface area contributed by atoms with Crippen molar-refractivity contribution >= 4 is 17.7 Å². The van der Waals surface area contributed by atoms with Gasteiger partial charge in [-0.1, -0.05) is 0 Å². The molecule has 2 amide bonds. The number of aliphatic hydroxyl groups is 1. The molecule has 0 spiro atoms. The van der Waals surface area contributed by atoms with Crippen molar-refractivity contribution in [3.05, 3.63) is 29.6 Å². The summed E-state index contributed by atoms with van der Waals surface area (Å²) >= 11 is 0. The number of urea groups is 1. The molecular formula is C10H9F3N2O4. The first-order valence-electron chi connectivity index (χ1n) is 4.91. The molecule has 9 heteroatoms. The van der Waals surface area contributed by atoms with E-state index in [9.17, 15) is 22.8 Å². The van der Waals surface area contributed by atoms with Gasteiger partial charge in [-0.15, -0.1) is 0 Å². The van der Waals surface area contributed by atoms with Gasteiger partial charge in [-0.05, 0) is 0 Å². The minimum atomic E-state index is -1.69. The smallest absolute Gasteiger partial charge is 0.328 e.